The van der Waals surface area contributed by atoms with Gasteiger partial charge in [0.25, 0.3) is 5.91 Å². The summed E-state index contributed by atoms with van der Waals surface area (Å²) >= 11 is 0. The molecule has 120 valence electrons. The first kappa shape index (κ1) is 16.4. The summed E-state index contributed by atoms with van der Waals surface area (Å²) in [6.07, 6.45) is 1.45. The summed E-state index contributed by atoms with van der Waals surface area (Å²) in [7, 11) is 1.45. The molecule has 0 unspecified atom stereocenters. The number of hydrogen-bond acceptors (Lipinski definition) is 5. The summed E-state index contributed by atoms with van der Waals surface area (Å²) in [5.41, 5.74) is 7.87. The van der Waals surface area contributed by atoms with Crippen LogP contribution < -0.4 is 16.4 Å². The number of nitrogens with two attached hydrogens (primary N) is 1. The van der Waals surface area contributed by atoms with E-state index >= 15 is 0 Å². The maximum absolute atomic E-state index is 12.1. The number of methoxy groups -OCH3 is 1. The van der Waals surface area contributed by atoms with Crippen LogP contribution in [0.4, 0.5) is 11.4 Å². The smallest absolute Gasteiger partial charge is 0.257 e. The zero-order valence-electron chi connectivity index (χ0n) is 12.7. The van der Waals surface area contributed by atoms with Gasteiger partial charge in [0.05, 0.1) is 29.2 Å². The van der Waals surface area contributed by atoms with E-state index in [0.717, 1.165) is 0 Å². The lowest BCUT2D eigenvalue weighted by atomic mass is 10.2. The molecule has 7 heteroatoms. The first-order valence-corrected chi connectivity index (χ1v) is 6.96. The third kappa shape index (κ3) is 4.79. The van der Waals surface area contributed by atoms with Gasteiger partial charge in [-0.2, -0.15) is 0 Å². The number of carbonyl (C=O) groups excluding carboxylic acids is 2. The first-order valence-electron chi connectivity index (χ1n) is 6.96. The molecule has 23 heavy (non-hydrogen) atoms. The molecule has 4 N–H and O–H groups in total. The van der Waals surface area contributed by atoms with Crippen molar-refractivity contribution >= 4 is 23.2 Å². The van der Waals surface area contributed by atoms with Crippen LogP contribution in [0.2, 0.25) is 0 Å². The zero-order chi connectivity index (χ0) is 16.7. The average molecular weight is 314 g/mol. The number of nitrogens with zero attached hydrogens (tertiary/aromatic N) is 1. The maximum Gasteiger partial charge on any atom is 0.257 e. The molecule has 0 aliphatic heterocycles. The number of amides is 2. The Morgan fingerprint density at radius 3 is 2.65 bits per heavy atom. The molecule has 0 saturated heterocycles. The van der Waals surface area contributed by atoms with E-state index in [9.17, 15) is 9.59 Å². The zero-order valence-corrected chi connectivity index (χ0v) is 12.7. The van der Waals surface area contributed by atoms with Crippen LogP contribution in [0.5, 0.6) is 0 Å². The van der Waals surface area contributed by atoms with Crippen molar-refractivity contribution in [3.8, 4) is 0 Å². The molecule has 2 aromatic rings. The van der Waals surface area contributed by atoms with Gasteiger partial charge in [-0.1, -0.05) is 12.1 Å². The van der Waals surface area contributed by atoms with Crippen molar-refractivity contribution in [1.29, 1.82) is 0 Å². The lowest BCUT2D eigenvalue weighted by Gasteiger charge is -2.08. The van der Waals surface area contributed by atoms with E-state index in [0.29, 0.717) is 22.6 Å². The Balaban J connectivity index is 1.95. The Labute approximate surface area is 133 Å². The molecular formula is C16H18N4O3. The Morgan fingerprint density at radius 1 is 1.22 bits per heavy atom. The molecule has 2 rings (SSSR count). The Bertz CT molecular complexity index is 686. The number of benzene rings is 1. The van der Waals surface area contributed by atoms with Gasteiger partial charge in [-0.05, 0) is 24.3 Å². The number of pyridine rings is 1. The molecule has 0 fully saturated rings. The van der Waals surface area contributed by atoms with Crippen molar-refractivity contribution in [3.05, 3.63) is 53.9 Å². The molecular weight excluding hydrogens is 296 g/mol. The van der Waals surface area contributed by atoms with Crippen LogP contribution in [0.1, 0.15) is 16.1 Å². The van der Waals surface area contributed by atoms with Gasteiger partial charge in [0.2, 0.25) is 5.91 Å². The Morgan fingerprint density at radius 2 is 2.00 bits per heavy atom. The van der Waals surface area contributed by atoms with Crippen molar-refractivity contribution in [3.63, 3.8) is 0 Å². The lowest BCUT2D eigenvalue weighted by molar-refractivity contribution is -0.124. The number of carbonyl (C=O) groups is 2. The van der Waals surface area contributed by atoms with Gasteiger partial charge < -0.3 is 21.1 Å². The first-order chi connectivity index (χ1) is 11.1. The molecule has 0 aliphatic rings. The summed E-state index contributed by atoms with van der Waals surface area (Å²) in [5, 5.41) is 5.38. The molecule has 0 aliphatic carbocycles. The van der Waals surface area contributed by atoms with Crippen molar-refractivity contribution in [1.82, 2.24) is 10.3 Å². The van der Waals surface area contributed by atoms with Gasteiger partial charge in [-0.15, -0.1) is 0 Å². The number of rotatable bonds is 6. The van der Waals surface area contributed by atoms with Crippen LogP contribution in [0.3, 0.4) is 0 Å². The van der Waals surface area contributed by atoms with E-state index in [1.165, 1.54) is 13.3 Å². The van der Waals surface area contributed by atoms with Crippen molar-refractivity contribution in [2.24, 2.45) is 0 Å². The fourth-order valence-electron chi connectivity index (χ4n) is 1.84. The standard InChI is InChI=1S/C16H18N4O3/c1-23-10-15(21)19-9-12-7-6-11(8-18-12)16(22)20-14-5-3-2-4-13(14)17/h2-8H,9-10,17H2,1H3,(H,19,21)(H,20,22). The van der Waals surface area contributed by atoms with Crippen molar-refractivity contribution < 1.29 is 14.3 Å². The molecule has 1 heterocycles. The van der Waals surface area contributed by atoms with E-state index in [2.05, 4.69) is 15.6 Å². The number of anilines is 2. The normalized spacial score (nSPS) is 10.1. The van der Waals surface area contributed by atoms with Gasteiger partial charge in [0.15, 0.2) is 0 Å². The van der Waals surface area contributed by atoms with E-state index in [1.54, 1.807) is 36.4 Å². The highest BCUT2D eigenvalue weighted by Gasteiger charge is 2.09. The SMILES string of the molecule is COCC(=O)NCc1ccc(C(=O)Nc2ccccc2N)cn1. The van der Waals surface area contributed by atoms with E-state index in [1.807, 2.05) is 0 Å². The second-order valence-corrected chi connectivity index (χ2v) is 4.79. The fraction of sp³-hybridized carbons (Fsp3) is 0.188. The molecule has 7 nitrogen and oxygen atoms in total. The fourth-order valence-corrected chi connectivity index (χ4v) is 1.84. The van der Waals surface area contributed by atoms with Gasteiger partial charge in [0, 0.05) is 13.3 Å². The van der Waals surface area contributed by atoms with Crippen LogP contribution in [0, 0.1) is 0 Å². The Kier molecular flexibility index (Phi) is 5.65. The maximum atomic E-state index is 12.1. The lowest BCUT2D eigenvalue weighted by Crippen LogP contribution is -2.27. The summed E-state index contributed by atoms with van der Waals surface area (Å²) in [5.74, 6) is -0.527. The van der Waals surface area contributed by atoms with Gasteiger partial charge in [-0.25, -0.2) is 0 Å². The van der Waals surface area contributed by atoms with Crippen LogP contribution in [0.15, 0.2) is 42.6 Å². The highest BCUT2D eigenvalue weighted by atomic mass is 16.5. The second kappa shape index (κ2) is 7.90. The molecule has 1 aromatic heterocycles. The number of ether oxygens (including phenoxy) is 1. The summed E-state index contributed by atoms with van der Waals surface area (Å²) in [6, 6.07) is 10.3. The third-order valence-electron chi connectivity index (χ3n) is 3.04. The highest BCUT2D eigenvalue weighted by molar-refractivity contribution is 6.05. The van der Waals surface area contributed by atoms with E-state index in [-0.39, 0.29) is 25.0 Å². The third-order valence-corrected chi connectivity index (χ3v) is 3.04. The highest BCUT2D eigenvalue weighted by Crippen LogP contribution is 2.17. The quantitative estimate of drug-likeness (QED) is 0.694. The largest absolute Gasteiger partial charge is 0.397 e. The minimum atomic E-state index is -0.301. The molecule has 0 bridgehead atoms. The van der Waals surface area contributed by atoms with Crippen LogP contribution in [0.25, 0.3) is 0 Å². The van der Waals surface area contributed by atoms with Crippen molar-refractivity contribution in [2.75, 3.05) is 24.8 Å². The molecule has 0 radical (unpaired) electrons. The topological polar surface area (TPSA) is 106 Å². The summed E-state index contributed by atoms with van der Waals surface area (Å²) < 4.78 is 4.71. The van der Waals surface area contributed by atoms with Crippen LogP contribution in [-0.4, -0.2) is 30.5 Å². The molecule has 2 amide bonds. The average Bonchev–Trinajstić information content (AvgIpc) is 2.56. The predicted octanol–water partition coefficient (Wildman–Crippen LogP) is 1.18. The minimum Gasteiger partial charge on any atom is -0.397 e. The second-order valence-electron chi connectivity index (χ2n) is 4.79. The minimum absolute atomic E-state index is 0.00100. The van der Waals surface area contributed by atoms with E-state index < -0.39 is 0 Å². The van der Waals surface area contributed by atoms with Gasteiger partial charge >= 0.3 is 0 Å². The Hall–Kier alpha value is -2.93. The molecule has 1 aromatic carbocycles. The number of aromatic nitrogens is 1. The van der Waals surface area contributed by atoms with E-state index in [4.69, 9.17) is 10.5 Å². The number of hydrogen-bond donors (Lipinski definition) is 3. The summed E-state index contributed by atoms with van der Waals surface area (Å²) in [4.78, 5) is 27.6. The van der Waals surface area contributed by atoms with Crippen molar-refractivity contribution in [2.45, 2.75) is 6.54 Å². The van der Waals surface area contributed by atoms with Crippen LogP contribution in [-0.2, 0) is 16.1 Å². The molecule has 0 spiro atoms. The monoisotopic (exact) mass is 314 g/mol. The number of nitrogens with one attached hydrogen (secondary N) is 2. The molecule has 0 atom stereocenters. The van der Waals surface area contributed by atoms with Gasteiger partial charge in [0.1, 0.15) is 6.61 Å². The molecule has 0 saturated carbocycles. The van der Waals surface area contributed by atoms with Crippen LogP contribution >= 0.6 is 0 Å². The number of para-hydroxylation sites is 2. The number of nitrogen functional groups attached to an aromatic ring is 1. The predicted molar refractivity (Wildman–Crippen MR) is 86.8 cm³/mol. The summed E-state index contributed by atoms with van der Waals surface area (Å²) in [6.45, 7) is 0.273. The van der Waals surface area contributed by atoms with Gasteiger partial charge in [-0.3, -0.25) is 14.6 Å².